The Morgan fingerprint density at radius 2 is 1.93 bits per heavy atom. The number of nitrogens with one attached hydrogen (secondary N) is 1. The van der Waals surface area contributed by atoms with Crippen molar-refractivity contribution in [3.05, 3.63) is 27.8 Å². The maximum atomic E-state index is 11.6. The lowest BCUT2D eigenvalue weighted by molar-refractivity contribution is 0.198. The monoisotopic (exact) mass is 341 g/mol. The van der Waals surface area contributed by atoms with Gasteiger partial charge in [-0.15, -0.1) is 0 Å². The van der Waals surface area contributed by atoms with E-state index in [9.17, 15) is 8.42 Å². The van der Waals surface area contributed by atoms with E-state index in [0.29, 0.717) is 0 Å². The zero-order valence-corrected chi connectivity index (χ0v) is 11.1. The second-order valence-electron chi connectivity index (χ2n) is 3.15. The highest BCUT2D eigenvalue weighted by atomic mass is 127. The highest BCUT2D eigenvalue weighted by molar-refractivity contribution is 14.1. The molecule has 1 atom stereocenters. The SMILES string of the molecule is CC(O)CNS(=O)(=O)c1ccc(I)cc1. The van der Waals surface area contributed by atoms with Crippen LogP contribution in [0.15, 0.2) is 29.2 Å². The third-order valence-corrected chi connectivity index (χ3v) is 3.85. The molecule has 0 heterocycles. The van der Waals surface area contributed by atoms with Crippen LogP contribution >= 0.6 is 22.6 Å². The van der Waals surface area contributed by atoms with Crippen LogP contribution in [-0.2, 0) is 10.0 Å². The first kappa shape index (κ1) is 12.9. The Balaban J connectivity index is 2.82. The van der Waals surface area contributed by atoms with Crippen LogP contribution in [0.2, 0.25) is 0 Å². The van der Waals surface area contributed by atoms with Crippen molar-refractivity contribution in [3.63, 3.8) is 0 Å². The van der Waals surface area contributed by atoms with Crippen LogP contribution in [-0.4, -0.2) is 26.2 Å². The summed E-state index contributed by atoms with van der Waals surface area (Å²) in [6.45, 7) is 1.55. The van der Waals surface area contributed by atoms with Crippen LogP contribution in [0.1, 0.15) is 6.92 Å². The maximum absolute atomic E-state index is 11.6. The molecule has 0 aromatic heterocycles. The third kappa shape index (κ3) is 4.06. The minimum atomic E-state index is -3.49. The molecule has 0 saturated heterocycles. The van der Waals surface area contributed by atoms with Gasteiger partial charge in [0, 0.05) is 10.1 Å². The van der Waals surface area contributed by atoms with Crippen LogP contribution in [0.5, 0.6) is 0 Å². The van der Waals surface area contributed by atoms with E-state index in [1.807, 2.05) is 0 Å². The van der Waals surface area contributed by atoms with Gasteiger partial charge in [0.2, 0.25) is 10.0 Å². The van der Waals surface area contributed by atoms with Crippen molar-refractivity contribution in [1.82, 2.24) is 4.72 Å². The van der Waals surface area contributed by atoms with E-state index in [1.165, 1.54) is 19.1 Å². The molecule has 1 rings (SSSR count). The van der Waals surface area contributed by atoms with E-state index in [-0.39, 0.29) is 11.4 Å². The summed E-state index contributed by atoms with van der Waals surface area (Å²) in [6, 6.07) is 6.51. The van der Waals surface area contributed by atoms with Gasteiger partial charge < -0.3 is 5.11 Å². The predicted molar refractivity (Wildman–Crippen MR) is 66.0 cm³/mol. The second-order valence-corrected chi connectivity index (χ2v) is 6.17. The van der Waals surface area contributed by atoms with Gasteiger partial charge in [-0.3, -0.25) is 0 Å². The molecule has 0 spiro atoms. The molecule has 4 nitrogen and oxygen atoms in total. The maximum Gasteiger partial charge on any atom is 0.240 e. The van der Waals surface area contributed by atoms with E-state index < -0.39 is 16.1 Å². The Hall–Kier alpha value is -0.180. The van der Waals surface area contributed by atoms with Crippen molar-refractivity contribution < 1.29 is 13.5 Å². The van der Waals surface area contributed by atoms with Crippen molar-refractivity contribution in [2.75, 3.05) is 6.54 Å². The van der Waals surface area contributed by atoms with Gasteiger partial charge in [-0.1, -0.05) is 0 Å². The van der Waals surface area contributed by atoms with Gasteiger partial charge in [-0.2, -0.15) is 0 Å². The average Bonchev–Trinajstić information content (AvgIpc) is 2.16. The molecule has 0 aliphatic heterocycles. The minimum absolute atomic E-state index is 0.0221. The molecule has 1 aromatic carbocycles. The van der Waals surface area contributed by atoms with Crippen LogP contribution < -0.4 is 4.72 Å². The molecule has 0 aliphatic rings. The molecule has 0 saturated carbocycles. The number of aliphatic hydroxyl groups is 1. The molecule has 0 fully saturated rings. The first-order valence-corrected chi connectivity index (χ1v) is 6.91. The number of hydrogen-bond acceptors (Lipinski definition) is 3. The Morgan fingerprint density at radius 3 is 2.40 bits per heavy atom. The number of aliphatic hydroxyl groups excluding tert-OH is 1. The van der Waals surface area contributed by atoms with Crippen LogP contribution in [0.4, 0.5) is 0 Å². The Labute approximate surface area is 103 Å². The summed E-state index contributed by atoms with van der Waals surface area (Å²) in [6.07, 6.45) is -0.691. The van der Waals surface area contributed by atoms with Crippen molar-refractivity contribution in [1.29, 1.82) is 0 Å². The van der Waals surface area contributed by atoms with Crippen LogP contribution in [0, 0.1) is 3.57 Å². The van der Waals surface area contributed by atoms with Gasteiger partial charge in [0.05, 0.1) is 11.0 Å². The molecule has 0 amide bonds. The molecule has 1 unspecified atom stereocenters. The summed E-state index contributed by atoms with van der Waals surface area (Å²) in [5.74, 6) is 0. The third-order valence-electron chi connectivity index (χ3n) is 1.69. The van der Waals surface area contributed by atoms with Crippen molar-refractivity contribution >= 4 is 32.6 Å². The first-order chi connectivity index (χ1) is 6.92. The number of benzene rings is 1. The summed E-state index contributed by atoms with van der Waals surface area (Å²) >= 11 is 2.10. The molecular formula is C9H12INO3S. The lowest BCUT2D eigenvalue weighted by atomic mass is 10.4. The van der Waals surface area contributed by atoms with Crippen molar-refractivity contribution in [2.45, 2.75) is 17.9 Å². The lowest BCUT2D eigenvalue weighted by Crippen LogP contribution is -2.30. The average molecular weight is 341 g/mol. The fourth-order valence-corrected chi connectivity index (χ4v) is 2.41. The van der Waals surface area contributed by atoms with E-state index in [0.717, 1.165) is 3.57 Å². The molecular weight excluding hydrogens is 329 g/mol. The van der Waals surface area contributed by atoms with Gasteiger partial charge >= 0.3 is 0 Å². The Bertz CT molecular complexity index is 413. The van der Waals surface area contributed by atoms with E-state index in [2.05, 4.69) is 27.3 Å². The quantitative estimate of drug-likeness (QED) is 0.802. The summed E-state index contributed by atoms with van der Waals surface area (Å²) in [7, 11) is -3.49. The molecule has 6 heteroatoms. The molecule has 1 aromatic rings. The van der Waals surface area contributed by atoms with Crippen LogP contribution in [0.3, 0.4) is 0 Å². The van der Waals surface area contributed by atoms with Gasteiger partial charge in [-0.05, 0) is 53.8 Å². The smallest absolute Gasteiger partial charge is 0.240 e. The summed E-state index contributed by atoms with van der Waals surface area (Å²) in [4.78, 5) is 0.212. The van der Waals surface area contributed by atoms with Gasteiger partial charge in [0.25, 0.3) is 0 Å². The van der Waals surface area contributed by atoms with Crippen molar-refractivity contribution in [2.24, 2.45) is 0 Å². The van der Waals surface area contributed by atoms with Crippen LogP contribution in [0.25, 0.3) is 0 Å². The van der Waals surface area contributed by atoms with Gasteiger partial charge in [0.1, 0.15) is 0 Å². The summed E-state index contributed by atoms with van der Waals surface area (Å²) in [5.41, 5.74) is 0. The number of sulfonamides is 1. The molecule has 15 heavy (non-hydrogen) atoms. The zero-order valence-electron chi connectivity index (χ0n) is 8.14. The molecule has 2 N–H and O–H groups in total. The Kier molecular flexibility index (Phi) is 4.50. The second kappa shape index (κ2) is 5.24. The Morgan fingerprint density at radius 1 is 1.40 bits per heavy atom. The van der Waals surface area contributed by atoms with E-state index in [4.69, 9.17) is 5.11 Å². The van der Waals surface area contributed by atoms with Gasteiger partial charge in [0.15, 0.2) is 0 Å². The number of halogens is 1. The van der Waals surface area contributed by atoms with Crippen molar-refractivity contribution in [3.8, 4) is 0 Å². The topological polar surface area (TPSA) is 66.4 Å². The normalized spacial score (nSPS) is 13.8. The molecule has 0 radical (unpaired) electrons. The lowest BCUT2D eigenvalue weighted by Gasteiger charge is -2.08. The fourth-order valence-electron chi connectivity index (χ4n) is 0.927. The first-order valence-electron chi connectivity index (χ1n) is 4.35. The summed E-state index contributed by atoms with van der Waals surface area (Å²) in [5, 5.41) is 8.98. The fraction of sp³-hybridized carbons (Fsp3) is 0.333. The standard InChI is InChI=1S/C9H12INO3S/c1-7(12)6-11-15(13,14)9-4-2-8(10)3-5-9/h2-5,7,11-12H,6H2,1H3. The largest absolute Gasteiger partial charge is 0.392 e. The highest BCUT2D eigenvalue weighted by Gasteiger charge is 2.13. The highest BCUT2D eigenvalue weighted by Crippen LogP contribution is 2.11. The number of rotatable bonds is 4. The molecule has 84 valence electrons. The molecule has 0 bridgehead atoms. The van der Waals surface area contributed by atoms with Gasteiger partial charge in [-0.25, -0.2) is 13.1 Å². The minimum Gasteiger partial charge on any atom is -0.392 e. The molecule has 0 aliphatic carbocycles. The zero-order chi connectivity index (χ0) is 11.5. The summed E-state index contributed by atoms with van der Waals surface area (Å²) < 4.78 is 26.5. The van der Waals surface area contributed by atoms with E-state index >= 15 is 0 Å². The van der Waals surface area contributed by atoms with E-state index in [1.54, 1.807) is 12.1 Å². The predicted octanol–water partition coefficient (Wildman–Crippen LogP) is 0.950. The number of hydrogen-bond donors (Lipinski definition) is 2.